The number of nitrogens with zero attached hydrogens (tertiary/aromatic N) is 4. The van der Waals surface area contributed by atoms with E-state index in [9.17, 15) is 14.0 Å². The first kappa shape index (κ1) is 20.4. The molecule has 7 nitrogen and oxygen atoms in total. The third-order valence-corrected chi connectivity index (χ3v) is 4.45. The number of aromatic nitrogens is 4. The van der Waals surface area contributed by atoms with Crippen molar-refractivity contribution in [3.63, 3.8) is 0 Å². The Balaban J connectivity index is 1.87. The van der Waals surface area contributed by atoms with Gasteiger partial charge in [-0.25, -0.2) is 14.1 Å². The van der Waals surface area contributed by atoms with Crippen LogP contribution in [0.3, 0.4) is 0 Å². The summed E-state index contributed by atoms with van der Waals surface area (Å²) in [6.07, 6.45) is 1.52. The van der Waals surface area contributed by atoms with Gasteiger partial charge in [-0.1, -0.05) is 25.5 Å². The summed E-state index contributed by atoms with van der Waals surface area (Å²) in [5.41, 5.74) is 2.75. The van der Waals surface area contributed by atoms with Gasteiger partial charge in [0.25, 0.3) is 5.56 Å². The zero-order chi connectivity index (χ0) is 21.0. The highest BCUT2D eigenvalue weighted by Gasteiger charge is 2.16. The monoisotopic (exact) mass is 397 g/mol. The molecule has 1 amide bonds. The van der Waals surface area contributed by atoms with Crippen LogP contribution in [0.4, 0.5) is 4.39 Å². The Labute approximate surface area is 168 Å². The summed E-state index contributed by atoms with van der Waals surface area (Å²) in [6.45, 7) is 5.80. The first-order valence-corrected chi connectivity index (χ1v) is 9.53. The van der Waals surface area contributed by atoms with E-state index < -0.39 is 0 Å². The second-order valence-corrected chi connectivity index (χ2v) is 6.96. The molecule has 0 saturated heterocycles. The lowest BCUT2D eigenvalue weighted by Gasteiger charge is -2.14. The highest BCUT2D eigenvalue weighted by atomic mass is 19.1. The maximum atomic E-state index is 13.0. The SMILES string of the molecule is CCCc1cc(=O)n(CC(=O)NCc2ccc(F)cc2)c(-n2nc(C)cc2C)n1. The molecular weight excluding hydrogens is 373 g/mol. The standard InChI is InChI=1S/C21H24FN5O2/c1-4-5-18-11-20(29)26(21(24-18)27-15(3)10-14(2)25-27)13-19(28)23-12-16-6-8-17(22)9-7-16/h6-11H,4-5,12-13H2,1-3H3,(H,23,28). The van der Waals surface area contributed by atoms with Gasteiger partial charge in [-0.05, 0) is 44.0 Å². The summed E-state index contributed by atoms with van der Waals surface area (Å²) in [5, 5.41) is 7.17. The molecule has 0 aliphatic heterocycles. The number of halogens is 1. The smallest absolute Gasteiger partial charge is 0.255 e. The van der Waals surface area contributed by atoms with Crippen LogP contribution in [-0.2, 0) is 24.3 Å². The van der Waals surface area contributed by atoms with Gasteiger partial charge in [0.1, 0.15) is 12.4 Å². The van der Waals surface area contributed by atoms with Crippen molar-refractivity contribution in [1.29, 1.82) is 0 Å². The zero-order valence-corrected chi connectivity index (χ0v) is 16.8. The van der Waals surface area contributed by atoms with E-state index in [0.717, 1.165) is 23.4 Å². The lowest BCUT2D eigenvalue weighted by Crippen LogP contribution is -2.35. The van der Waals surface area contributed by atoms with Crippen molar-refractivity contribution < 1.29 is 9.18 Å². The predicted molar refractivity (Wildman–Crippen MR) is 107 cm³/mol. The highest BCUT2D eigenvalue weighted by Crippen LogP contribution is 2.10. The molecule has 152 valence electrons. The van der Waals surface area contributed by atoms with E-state index in [2.05, 4.69) is 15.4 Å². The second kappa shape index (κ2) is 8.81. The van der Waals surface area contributed by atoms with Crippen molar-refractivity contribution in [2.45, 2.75) is 46.7 Å². The van der Waals surface area contributed by atoms with E-state index in [1.54, 1.807) is 16.8 Å². The Kier molecular flexibility index (Phi) is 6.21. The van der Waals surface area contributed by atoms with E-state index in [0.29, 0.717) is 18.1 Å². The number of aryl methyl sites for hydroxylation is 3. The first-order valence-electron chi connectivity index (χ1n) is 9.53. The largest absolute Gasteiger partial charge is 0.350 e. The number of hydrogen-bond donors (Lipinski definition) is 1. The Hall–Kier alpha value is -3.29. The number of hydrogen-bond acceptors (Lipinski definition) is 4. The molecular formula is C21H24FN5O2. The van der Waals surface area contributed by atoms with Gasteiger partial charge >= 0.3 is 0 Å². The van der Waals surface area contributed by atoms with Crippen molar-refractivity contribution in [1.82, 2.24) is 24.6 Å². The van der Waals surface area contributed by atoms with Gasteiger partial charge in [-0.2, -0.15) is 5.10 Å². The predicted octanol–water partition coefficient (Wildman–Crippen LogP) is 2.45. The maximum Gasteiger partial charge on any atom is 0.255 e. The molecule has 0 unspecified atom stereocenters. The van der Waals surface area contributed by atoms with Crippen LogP contribution in [0.25, 0.3) is 5.95 Å². The number of carbonyl (C=O) groups excluding carboxylic acids is 1. The normalized spacial score (nSPS) is 10.9. The van der Waals surface area contributed by atoms with Crippen molar-refractivity contribution in [3.05, 3.63) is 75.2 Å². The molecule has 2 aromatic heterocycles. The topological polar surface area (TPSA) is 81.8 Å². The fraction of sp³-hybridized carbons (Fsp3) is 0.333. The number of amides is 1. The molecule has 0 bridgehead atoms. The third-order valence-electron chi connectivity index (χ3n) is 4.45. The number of rotatable bonds is 7. The molecule has 2 heterocycles. The fourth-order valence-corrected chi connectivity index (χ4v) is 3.07. The van der Waals surface area contributed by atoms with Crippen molar-refractivity contribution in [3.8, 4) is 5.95 Å². The van der Waals surface area contributed by atoms with Crippen LogP contribution in [0.15, 0.2) is 41.2 Å². The quantitative estimate of drug-likeness (QED) is 0.664. The molecule has 0 atom stereocenters. The molecule has 0 fully saturated rings. The van der Waals surface area contributed by atoms with Crippen molar-refractivity contribution in [2.24, 2.45) is 0 Å². The minimum atomic E-state index is -0.343. The fourth-order valence-electron chi connectivity index (χ4n) is 3.07. The second-order valence-electron chi connectivity index (χ2n) is 6.96. The minimum absolute atomic E-state index is 0.187. The Morgan fingerprint density at radius 2 is 1.90 bits per heavy atom. The van der Waals surface area contributed by atoms with E-state index in [-0.39, 0.29) is 30.4 Å². The van der Waals surface area contributed by atoms with Crippen molar-refractivity contribution in [2.75, 3.05) is 0 Å². The molecule has 0 spiro atoms. The van der Waals surface area contributed by atoms with Crippen LogP contribution in [0, 0.1) is 19.7 Å². The summed E-state index contributed by atoms with van der Waals surface area (Å²) in [4.78, 5) is 29.8. The lowest BCUT2D eigenvalue weighted by atomic mass is 10.2. The average Bonchev–Trinajstić information content (AvgIpc) is 3.01. The maximum absolute atomic E-state index is 13.0. The van der Waals surface area contributed by atoms with Crippen LogP contribution < -0.4 is 10.9 Å². The Bertz CT molecular complexity index is 1070. The molecule has 0 aliphatic rings. The van der Waals surface area contributed by atoms with Crippen molar-refractivity contribution >= 4 is 5.91 Å². The van der Waals surface area contributed by atoms with Gasteiger partial charge in [0, 0.05) is 24.0 Å². The number of nitrogens with one attached hydrogen (secondary N) is 1. The summed E-state index contributed by atoms with van der Waals surface area (Å²) in [6, 6.07) is 9.23. The average molecular weight is 397 g/mol. The first-order chi connectivity index (χ1) is 13.9. The van der Waals surface area contributed by atoms with E-state index in [1.807, 2.05) is 26.8 Å². The molecule has 3 rings (SSSR count). The molecule has 8 heteroatoms. The molecule has 3 aromatic rings. The molecule has 0 saturated carbocycles. The van der Waals surface area contributed by atoms with Crippen LogP contribution in [0.1, 0.15) is 36.0 Å². The van der Waals surface area contributed by atoms with E-state index in [1.165, 1.54) is 22.8 Å². The van der Waals surface area contributed by atoms with Gasteiger partial charge in [-0.15, -0.1) is 0 Å². The highest BCUT2D eigenvalue weighted by molar-refractivity contribution is 5.75. The van der Waals surface area contributed by atoms with Gasteiger partial charge in [0.15, 0.2) is 0 Å². The third kappa shape index (κ3) is 4.96. The lowest BCUT2D eigenvalue weighted by molar-refractivity contribution is -0.121. The summed E-state index contributed by atoms with van der Waals surface area (Å²) in [7, 11) is 0. The Morgan fingerprint density at radius 1 is 1.17 bits per heavy atom. The van der Waals surface area contributed by atoms with Crippen LogP contribution >= 0.6 is 0 Å². The molecule has 1 N–H and O–H groups in total. The number of benzene rings is 1. The molecule has 29 heavy (non-hydrogen) atoms. The minimum Gasteiger partial charge on any atom is -0.350 e. The zero-order valence-electron chi connectivity index (χ0n) is 16.8. The number of carbonyl (C=O) groups is 1. The van der Waals surface area contributed by atoms with Gasteiger partial charge < -0.3 is 5.32 Å². The summed E-state index contributed by atoms with van der Waals surface area (Å²) < 4.78 is 15.9. The Morgan fingerprint density at radius 3 is 2.52 bits per heavy atom. The summed E-state index contributed by atoms with van der Waals surface area (Å²) in [5.74, 6) is -0.355. The molecule has 0 aliphatic carbocycles. The van der Waals surface area contributed by atoms with Crippen LogP contribution in [-0.4, -0.2) is 25.2 Å². The van der Waals surface area contributed by atoms with Gasteiger partial charge in [0.05, 0.1) is 5.69 Å². The van der Waals surface area contributed by atoms with Gasteiger partial charge in [0.2, 0.25) is 11.9 Å². The molecule has 1 aromatic carbocycles. The van der Waals surface area contributed by atoms with Gasteiger partial charge in [-0.3, -0.25) is 14.2 Å². The van der Waals surface area contributed by atoms with E-state index >= 15 is 0 Å². The van der Waals surface area contributed by atoms with Crippen LogP contribution in [0.5, 0.6) is 0 Å². The van der Waals surface area contributed by atoms with Crippen LogP contribution in [0.2, 0.25) is 0 Å². The van der Waals surface area contributed by atoms with E-state index in [4.69, 9.17) is 0 Å². The summed E-state index contributed by atoms with van der Waals surface area (Å²) >= 11 is 0. The molecule has 0 radical (unpaired) electrons.